The van der Waals surface area contributed by atoms with Crippen LogP contribution in [0.5, 0.6) is 11.5 Å². The fraction of sp³-hybridized carbons (Fsp3) is 0.143. The molecule has 0 aliphatic carbocycles. The highest BCUT2D eigenvalue weighted by molar-refractivity contribution is 5.89. The quantitative estimate of drug-likeness (QED) is 0.781. The van der Waals surface area contributed by atoms with Crippen molar-refractivity contribution in [2.75, 3.05) is 14.2 Å². The number of hydrogen-bond donors (Lipinski definition) is 1. The van der Waals surface area contributed by atoms with Crippen molar-refractivity contribution >= 4 is 11.0 Å². The van der Waals surface area contributed by atoms with E-state index in [1.165, 1.54) is 0 Å². The normalized spacial score (nSPS) is 10.6. The van der Waals surface area contributed by atoms with Crippen molar-refractivity contribution < 1.29 is 9.47 Å². The van der Waals surface area contributed by atoms with Crippen molar-refractivity contribution in [2.45, 2.75) is 0 Å². The Morgan fingerprint density at radius 3 is 2.32 bits per heavy atom. The lowest BCUT2D eigenvalue weighted by molar-refractivity contribution is 0.409. The van der Waals surface area contributed by atoms with Crippen LogP contribution in [0.25, 0.3) is 22.4 Å². The van der Waals surface area contributed by atoms with Crippen LogP contribution in [-0.2, 0) is 0 Å². The van der Waals surface area contributed by atoms with E-state index in [0.29, 0.717) is 5.75 Å². The van der Waals surface area contributed by atoms with E-state index in [0.717, 1.165) is 28.2 Å². The van der Waals surface area contributed by atoms with Gasteiger partial charge in [0.15, 0.2) is 0 Å². The number of fused-ring (bicyclic) bond motifs is 1. The van der Waals surface area contributed by atoms with Crippen LogP contribution in [0.2, 0.25) is 0 Å². The number of methoxy groups -OCH3 is 2. The Bertz CT molecular complexity index is 666. The summed E-state index contributed by atoms with van der Waals surface area (Å²) in [6.07, 6.45) is 3.47. The fourth-order valence-electron chi connectivity index (χ4n) is 2.02. The molecule has 0 saturated carbocycles. The minimum Gasteiger partial charge on any atom is -0.494 e. The zero-order valence-corrected chi connectivity index (χ0v) is 10.7. The van der Waals surface area contributed by atoms with Crippen molar-refractivity contribution in [3.63, 3.8) is 0 Å². The van der Waals surface area contributed by atoms with Gasteiger partial charge >= 0.3 is 0 Å². The highest BCUT2D eigenvalue weighted by Crippen LogP contribution is 2.33. The zero-order chi connectivity index (χ0) is 13.2. The lowest BCUT2D eigenvalue weighted by atomic mass is 10.2. The Morgan fingerprint density at radius 1 is 0.947 bits per heavy atom. The second kappa shape index (κ2) is 4.61. The van der Waals surface area contributed by atoms with Crippen LogP contribution in [0, 0.1) is 0 Å². The molecule has 5 nitrogen and oxygen atoms in total. The average Bonchev–Trinajstić information content (AvgIpc) is 2.92. The summed E-state index contributed by atoms with van der Waals surface area (Å²) in [7, 11) is 3.26. The summed E-state index contributed by atoms with van der Waals surface area (Å²) in [5, 5.41) is 0. The van der Waals surface area contributed by atoms with Gasteiger partial charge in [-0.15, -0.1) is 0 Å². The molecular weight excluding hydrogens is 242 g/mol. The fourth-order valence-corrected chi connectivity index (χ4v) is 2.02. The molecule has 0 aliphatic heterocycles. The molecular formula is C14H13N3O2. The minimum atomic E-state index is 0.715. The number of ether oxygens (including phenoxy) is 2. The van der Waals surface area contributed by atoms with Crippen molar-refractivity contribution in [1.29, 1.82) is 0 Å². The Kier molecular flexibility index (Phi) is 2.79. The van der Waals surface area contributed by atoms with Gasteiger partial charge in [-0.25, -0.2) is 4.98 Å². The Morgan fingerprint density at radius 2 is 1.63 bits per heavy atom. The van der Waals surface area contributed by atoms with Gasteiger partial charge in [-0.1, -0.05) is 0 Å². The molecule has 19 heavy (non-hydrogen) atoms. The monoisotopic (exact) mass is 255 g/mol. The minimum absolute atomic E-state index is 0.715. The molecule has 0 unspecified atom stereocenters. The summed E-state index contributed by atoms with van der Waals surface area (Å²) in [4.78, 5) is 11.8. The standard InChI is InChI=1S/C14H13N3O2/c1-18-10-3-4-11(19-2)13-12(10)16-14(17-13)9-5-7-15-8-6-9/h3-8H,1-2H3,(H,16,17). The average molecular weight is 255 g/mol. The first-order valence-corrected chi connectivity index (χ1v) is 5.84. The molecule has 0 amide bonds. The van der Waals surface area contributed by atoms with Gasteiger partial charge in [0.05, 0.1) is 14.2 Å². The maximum atomic E-state index is 5.34. The summed E-state index contributed by atoms with van der Waals surface area (Å²) in [5.41, 5.74) is 2.55. The number of aromatic amines is 1. The number of H-pyrrole nitrogens is 1. The number of rotatable bonds is 3. The number of imidazole rings is 1. The molecule has 0 bridgehead atoms. The van der Waals surface area contributed by atoms with Gasteiger partial charge in [0.1, 0.15) is 28.4 Å². The Labute approximate surface area is 110 Å². The van der Waals surface area contributed by atoms with Crippen molar-refractivity contribution in [2.24, 2.45) is 0 Å². The van der Waals surface area contributed by atoms with E-state index < -0.39 is 0 Å². The molecule has 96 valence electrons. The van der Waals surface area contributed by atoms with Gasteiger partial charge in [0, 0.05) is 18.0 Å². The van der Waals surface area contributed by atoms with E-state index in [2.05, 4.69) is 15.0 Å². The Hall–Kier alpha value is -2.56. The lowest BCUT2D eigenvalue weighted by Gasteiger charge is -2.04. The molecule has 3 rings (SSSR count). The molecule has 1 aromatic carbocycles. The topological polar surface area (TPSA) is 60.0 Å². The van der Waals surface area contributed by atoms with Crippen LogP contribution in [0.4, 0.5) is 0 Å². The molecule has 5 heteroatoms. The molecule has 0 saturated heterocycles. The third-order valence-corrected chi connectivity index (χ3v) is 2.96. The van der Waals surface area contributed by atoms with E-state index in [4.69, 9.17) is 9.47 Å². The highest BCUT2D eigenvalue weighted by atomic mass is 16.5. The number of nitrogens with one attached hydrogen (secondary N) is 1. The second-order valence-electron chi connectivity index (χ2n) is 4.01. The van der Waals surface area contributed by atoms with Gasteiger partial charge in [-0.2, -0.15) is 0 Å². The Balaban J connectivity index is 2.24. The van der Waals surface area contributed by atoms with Crippen molar-refractivity contribution in [3.8, 4) is 22.9 Å². The summed E-state index contributed by atoms with van der Waals surface area (Å²) >= 11 is 0. The maximum Gasteiger partial charge on any atom is 0.146 e. The van der Waals surface area contributed by atoms with Gasteiger partial charge in [-0.3, -0.25) is 4.98 Å². The summed E-state index contributed by atoms with van der Waals surface area (Å²) < 4.78 is 10.7. The van der Waals surface area contributed by atoms with Crippen LogP contribution in [0.3, 0.4) is 0 Å². The summed E-state index contributed by atoms with van der Waals surface area (Å²) in [5.74, 6) is 2.22. The molecule has 2 aromatic heterocycles. The number of pyridine rings is 1. The van der Waals surface area contributed by atoms with Gasteiger partial charge in [0.25, 0.3) is 0 Å². The van der Waals surface area contributed by atoms with Crippen LogP contribution in [-0.4, -0.2) is 29.2 Å². The van der Waals surface area contributed by atoms with Crippen LogP contribution in [0.1, 0.15) is 0 Å². The number of benzene rings is 1. The van der Waals surface area contributed by atoms with Gasteiger partial charge in [0.2, 0.25) is 0 Å². The first kappa shape index (κ1) is 11.5. The molecule has 3 aromatic rings. The maximum absolute atomic E-state index is 5.34. The molecule has 2 heterocycles. The zero-order valence-electron chi connectivity index (χ0n) is 10.7. The SMILES string of the molecule is COc1ccc(OC)c2[nH]c(-c3ccncc3)nc12. The molecule has 0 aliphatic rings. The third-order valence-electron chi connectivity index (χ3n) is 2.96. The van der Waals surface area contributed by atoms with E-state index in [-0.39, 0.29) is 0 Å². The van der Waals surface area contributed by atoms with Crippen molar-refractivity contribution in [1.82, 2.24) is 15.0 Å². The first-order valence-electron chi connectivity index (χ1n) is 5.84. The molecule has 0 spiro atoms. The molecule has 0 atom stereocenters. The van der Waals surface area contributed by atoms with E-state index in [9.17, 15) is 0 Å². The lowest BCUT2D eigenvalue weighted by Crippen LogP contribution is -1.88. The van der Waals surface area contributed by atoms with Crippen LogP contribution in [0.15, 0.2) is 36.7 Å². The number of hydrogen-bond acceptors (Lipinski definition) is 4. The van der Waals surface area contributed by atoms with E-state index >= 15 is 0 Å². The summed E-state index contributed by atoms with van der Waals surface area (Å²) in [6.45, 7) is 0. The molecule has 1 N–H and O–H groups in total. The predicted molar refractivity (Wildman–Crippen MR) is 72.4 cm³/mol. The van der Waals surface area contributed by atoms with Crippen LogP contribution >= 0.6 is 0 Å². The predicted octanol–water partition coefficient (Wildman–Crippen LogP) is 2.64. The highest BCUT2D eigenvalue weighted by Gasteiger charge is 2.13. The van der Waals surface area contributed by atoms with Gasteiger partial charge < -0.3 is 14.5 Å². The molecule has 0 fully saturated rings. The third kappa shape index (κ3) is 1.89. The number of nitrogens with zero attached hydrogens (tertiary/aromatic N) is 2. The molecule has 0 radical (unpaired) electrons. The summed E-state index contributed by atoms with van der Waals surface area (Å²) in [6, 6.07) is 7.50. The van der Waals surface area contributed by atoms with Crippen molar-refractivity contribution in [3.05, 3.63) is 36.7 Å². The van der Waals surface area contributed by atoms with Gasteiger partial charge in [-0.05, 0) is 24.3 Å². The first-order chi connectivity index (χ1) is 9.33. The largest absolute Gasteiger partial charge is 0.494 e. The second-order valence-corrected chi connectivity index (χ2v) is 4.01. The van der Waals surface area contributed by atoms with Crippen LogP contribution < -0.4 is 9.47 Å². The van der Waals surface area contributed by atoms with E-state index in [1.807, 2.05) is 24.3 Å². The number of aromatic nitrogens is 3. The van der Waals surface area contributed by atoms with E-state index in [1.54, 1.807) is 26.6 Å². The smallest absolute Gasteiger partial charge is 0.146 e.